The van der Waals surface area contributed by atoms with E-state index in [0.717, 1.165) is 44.6 Å². The number of ether oxygens (including phenoxy) is 1. The van der Waals surface area contributed by atoms with Crippen LogP contribution in [0.3, 0.4) is 0 Å². The lowest BCUT2D eigenvalue weighted by atomic mass is 9.41. The molecule has 0 heterocycles. The highest BCUT2D eigenvalue weighted by molar-refractivity contribution is 6.33. The minimum atomic E-state index is -0.578. The third-order valence-corrected chi connectivity index (χ3v) is 12.0. The van der Waals surface area contributed by atoms with Gasteiger partial charge in [0.1, 0.15) is 5.82 Å². The Hall–Kier alpha value is -1.37. The lowest BCUT2D eigenvalue weighted by molar-refractivity contribution is -0.202. The van der Waals surface area contributed by atoms with E-state index in [1.807, 2.05) is 0 Å². The molecule has 4 fully saturated rings. The number of carbonyl (C=O) groups excluding carboxylic acids is 1. The lowest BCUT2D eigenvalue weighted by Crippen LogP contribution is -2.62. The Morgan fingerprint density at radius 2 is 1.84 bits per heavy atom. The van der Waals surface area contributed by atoms with E-state index >= 15 is 0 Å². The second kappa shape index (κ2) is 10.9. The molecule has 10 atom stereocenters. The summed E-state index contributed by atoms with van der Waals surface area (Å²) in [5, 5.41) is 25.0. The molecule has 4 aliphatic rings. The Morgan fingerprint density at radius 3 is 2.58 bits per heavy atom. The van der Waals surface area contributed by atoms with Gasteiger partial charge in [0.05, 0.1) is 29.5 Å². The van der Waals surface area contributed by atoms with Crippen molar-refractivity contribution in [3.05, 3.63) is 29.0 Å². The van der Waals surface area contributed by atoms with Gasteiger partial charge in [0.25, 0.3) is 0 Å². The molecule has 7 heteroatoms. The molecule has 3 N–H and O–H groups in total. The van der Waals surface area contributed by atoms with Gasteiger partial charge in [-0.2, -0.15) is 0 Å². The molecule has 0 bridgehead atoms. The highest BCUT2D eigenvalue weighted by Gasteiger charge is 2.64. The van der Waals surface area contributed by atoms with Gasteiger partial charge in [-0.05, 0) is 122 Å². The van der Waals surface area contributed by atoms with Crippen molar-refractivity contribution < 1.29 is 24.1 Å². The van der Waals surface area contributed by atoms with Crippen LogP contribution >= 0.6 is 11.6 Å². The minimum Gasteiger partial charge on any atom is -0.449 e. The number of aliphatic hydroxyl groups excluding tert-OH is 2. The Balaban J connectivity index is 1.20. The van der Waals surface area contributed by atoms with Crippen molar-refractivity contribution in [2.45, 2.75) is 97.2 Å². The predicted octanol–water partition coefficient (Wildman–Crippen LogP) is 7.43. The standard InChI is InChI=1S/C31H45ClFNO4/c1-4-21-24-17-20(35)11-13-31(24,3)23-12-14-30(2)18(7-9-22(30)27(23)28(21)36)6-5-15-38-29(37)34-26-10-8-19(33)16-25(26)32/h8,10,16,18,20-24,27-28,35-36H,4-7,9,11-15,17H2,1-3H3,(H,34,37)/t18-,20+,21+,22-,23-,24-,27-,28+,30+,31+/m0/s1. The molecule has 0 aromatic heterocycles. The van der Waals surface area contributed by atoms with Crippen LogP contribution in [0.4, 0.5) is 14.9 Å². The summed E-state index contributed by atoms with van der Waals surface area (Å²) >= 11 is 5.99. The van der Waals surface area contributed by atoms with Crippen LogP contribution in [0.1, 0.15) is 85.0 Å². The minimum absolute atomic E-state index is 0.141. The lowest BCUT2D eigenvalue weighted by Gasteiger charge is -2.64. The first kappa shape index (κ1) is 28.2. The van der Waals surface area contributed by atoms with Gasteiger partial charge in [-0.3, -0.25) is 5.32 Å². The number of nitrogens with one attached hydrogen (secondary N) is 1. The maximum absolute atomic E-state index is 13.2. The molecule has 0 aliphatic heterocycles. The molecular weight excluding hydrogens is 505 g/mol. The number of hydrogen-bond donors (Lipinski definition) is 3. The fourth-order valence-electron chi connectivity index (χ4n) is 9.77. The third-order valence-electron chi connectivity index (χ3n) is 11.7. The molecule has 1 aromatic carbocycles. The number of anilines is 1. The van der Waals surface area contributed by atoms with Crippen LogP contribution in [0.5, 0.6) is 0 Å². The van der Waals surface area contributed by atoms with Gasteiger partial charge in [-0.15, -0.1) is 0 Å². The Kier molecular flexibility index (Phi) is 8.08. The summed E-state index contributed by atoms with van der Waals surface area (Å²) in [5.41, 5.74) is 0.764. The van der Waals surface area contributed by atoms with Gasteiger partial charge >= 0.3 is 6.09 Å². The maximum atomic E-state index is 13.2. The molecule has 5 nitrogen and oxygen atoms in total. The van der Waals surface area contributed by atoms with Crippen LogP contribution in [0, 0.1) is 52.2 Å². The third kappa shape index (κ3) is 4.88. The Bertz CT molecular complexity index is 1020. The zero-order chi connectivity index (χ0) is 27.2. The van der Waals surface area contributed by atoms with Crippen LogP contribution in [-0.4, -0.2) is 35.1 Å². The van der Waals surface area contributed by atoms with Crippen LogP contribution in [0.15, 0.2) is 18.2 Å². The van der Waals surface area contributed by atoms with Gasteiger partial charge in [-0.25, -0.2) is 9.18 Å². The number of fused-ring (bicyclic) bond motifs is 5. The number of rotatable bonds is 6. The summed E-state index contributed by atoms with van der Waals surface area (Å²) < 4.78 is 18.6. The number of hydrogen-bond acceptors (Lipinski definition) is 4. The second-order valence-corrected chi connectivity index (χ2v) is 13.6. The van der Waals surface area contributed by atoms with Crippen LogP contribution in [0.2, 0.25) is 5.02 Å². The largest absolute Gasteiger partial charge is 0.449 e. The highest BCUT2D eigenvalue weighted by Crippen LogP contribution is 2.69. The van der Waals surface area contributed by atoms with Crippen molar-refractivity contribution in [2.24, 2.45) is 46.3 Å². The summed E-state index contributed by atoms with van der Waals surface area (Å²) in [6.45, 7) is 7.49. The van der Waals surface area contributed by atoms with Crippen LogP contribution in [0.25, 0.3) is 0 Å². The molecule has 5 rings (SSSR count). The molecule has 4 aliphatic carbocycles. The molecule has 0 unspecified atom stereocenters. The molecule has 0 saturated heterocycles. The smallest absolute Gasteiger partial charge is 0.411 e. The van der Waals surface area contributed by atoms with Gasteiger partial charge in [0, 0.05) is 0 Å². The van der Waals surface area contributed by atoms with Crippen molar-refractivity contribution in [1.82, 2.24) is 0 Å². The van der Waals surface area contributed by atoms with E-state index in [1.54, 1.807) is 0 Å². The average molecular weight is 550 g/mol. The van der Waals surface area contributed by atoms with Gasteiger partial charge < -0.3 is 14.9 Å². The normalized spacial score (nSPS) is 42.1. The van der Waals surface area contributed by atoms with E-state index in [0.29, 0.717) is 41.9 Å². The quantitative estimate of drug-likeness (QED) is 0.322. The molecular formula is C31H45ClFNO4. The first-order valence-corrected chi connectivity index (χ1v) is 15.2. The average Bonchev–Trinajstić information content (AvgIpc) is 3.21. The van der Waals surface area contributed by atoms with Crippen molar-refractivity contribution >= 4 is 23.4 Å². The van der Waals surface area contributed by atoms with E-state index in [4.69, 9.17) is 16.3 Å². The van der Waals surface area contributed by atoms with E-state index in [9.17, 15) is 19.4 Å². The second-order valence-electron chi connectivity index (χ2n) is 13.2. The Labute approximate surface area is 231 Å². The Morgan fingerprint density at radius 1 is 1.11 bits per heavy atom. The molecule has 38 heavy (non-hydrogen) atoms. The molecule has 0 spiro atoms. The zero-order valence-corrected chi connectivity index (χ0v) is 23.9. The molecule has 212 valence electrons. The number of carbonyl (C=O) groups is 1. The molecule has 0 radical (unpaired) electrons. The van der Waals surface area contributed by atoms with Gasteiger partial charge in [-0.1, -0.05) is 38.8 Å². The van der Waals surface area contributed by atoms with E-state index in [-0.39, 0.29) is 34.0 Å². The van der Waals surface area contributed by atoms with Gasteiger partial charge in [0.2, 0.25) is 0 Å². The fourth-order valence-corrected chi connectivity index (χ4v) is 9.99. The number of amides is 1. The monoisotopic (exact) mass is 549 g/mol. The number of aliphatic hydroxyl groups is 2. The van der Waals surface area contributed by atoms with Crippen molar-refractivity contribution in [3.63, 3.8) is 0 Å². The SMILES string of the molecule is CC[C@H]1[C@@H](O)[C@@H]2[C@H](CC[C@]3(C)[C@@H](CCCOC(=O)Nc4ccc(F)cc4Cl)CC[C@@H]23)[C@@]2(C)CC[C@@H](O)C[C@@H]12. The van der Waals surface area contributed by atoms with Gasteiger partial charge in [0.15, 0.2) is 0 Å². The summed E-state index contributed by atoms with van der Waals surface area (Å²) in [6, 6.07) is 3.83. The van der Waals surface area contributed by atoms with Crippen molar-refractivity contribution in [2.75, 3.05) is 11.9 Å². The highest BCUT2D eigenvalue weighted by atomic mass is 35.5. The van der Waals surface area contributed by atoms with Crippen molar-refractivity contribution in [1.29, 1.82) is 0 Å². The maximum Gasteiger partial charge on any atom is 0.411 e. The number of halogens is 2. The van der Waals surface area contributed by atoms with Crippen molar-refractivity contribution in [3.8, 4) is 0 Å². The summed E-state index contributed by atoms with van der Waals surface area (Å²) in [6.07, 6.45) is 9.25. The molecule has 1 aromatic rings. The molecule has 1 amide bonds. The number of benzene rings is 1. The summed E-state index contributed by atoms with van der Waals surface area (Å²) in [5.74, 6) is 2.23. The van der Waals surface area contributed by atoms with Crippen LogP contribution < -0.4 is 5.32 Å². The van der Waals surface area contributed by atoms with E-state index in [1.165, 1.54) is 37.8 Å². The predicted molar refractivity (Wildman–Crippen MR) is 147 cm³/mol. The first-order valence-electron chi connectivity index (χ1n) is 14.8. The fraction of sp³-hybridized carbons (Fsp3) is 0.774. The topological polar surface area (TPSA) is 78.8 Å². The van der Waals surface area contributed by atoms with E-state index < -0.39 is 11.9 Å². The first-order chi connectivity index (χ1) is 18.1. The van der Waals surface area contributed by atoms with E-state index in [2.05, 4.69) is 26.1 Å². The summed E-state index contributed by atoms with van der Waals surface area (Å²) in [4.78, 5) is 12.2. The molecule has 4 saturated carbocycles. The summed E-state index contributed by atoms with van der Waals surface area (Å²) in [7, 11) is 0. The van der Waals surface area contributed by atoms with Crippen LogP contribution in [-0.2, 0) is 4.74 Å². The zero-order valence-electron chi connectivity index (χ0n) is 23.1.